The Morgan fingerprint density at radius 1 is 1.25 bits per heavy atom. The van der Waals surface area contributed by atoms with Crippen molar-refractivity contribution in [2.75, 3.05) is 20.1 Å². The zero-order valence-corrected chi connectivity index (χ0v) is 9.63. The molecule has 1 N–H and O–H groups in total. The second-order valence-electron chi connectivity index (χ2n) is 4.43. The lowest BCUT2D eigenvalue weighted by Crippen LogP contribution is -2.33. The summed E-state index contributed by atoms with van der Waals surface area (Å²) in [5, 5.41) is 12.7. The van der Waals surface area contributed by atoms with Crippen molar-refractivity contribution in [2.24, 2.45) is 11.1 Å². The first-order valence-electron chi connectivity index (χ1n) is 5.77. The van der Waals surface area contributed by atoms with E-state index < -0.39 is 0 Å². The Kier molecular flexibility index (Phi) is 3.57. The Morgan fingerprint density at radius 2 is 1.88 bits per heavy atom. The van der Waals surface area contributed by atoms with Gasteiger partial charge < -0.3 is 10.1 Å². The number of oxime groups is 1. The first-order chi connectivity index (χ1) is 7.81. The van der Waals surface area contributed by atoms with E-state index in [1.54, 1.807) is 0 Å². The van der Waals surface area contributed by atoms with Gasteiger partial charge in [-0.05, 0) is 38.5 Å². The first-order valence-corrected chi connectivity index (χ1v) is 5.77. The maximum absolute atomic E-state index is 9.17. The zero-order valence-electron chi connectivity index (χ0n) is 9.63. The van der Waals surface area contributed by atoms with Crippen molar-refractivity contribution in [3.8, 4) is 0 Å². The molecule has 1 aromatic carbocycles. The van der Waals surface area contributed by atoms with Gasteiger partial charge in [-0.1, -0.05) is 35.5 Å². The lowest BCUT2D eigenvalue weighted by atomic mass is 9.88. The highest BCUT2D eigenvalue weighted by atomic mass is 16.4. The molecule has 1 aromatic rings. The average molecular weight is 218 g/mol. The van der Waals surface area contributed by atoms with Crippen LogP contribution in [0.1, 0.15) is 18.4 Å². The Balaban J connectivity index is 2.12. The van der Waals surface area contributed by atoms with E-state index in [1.165, 1.54) is 0 Å². The molecule has 3 heteroatoms. The van der Waals surface area contributed by atoms with Gasteiger partial charge in [-0.3, -0.25) is 0 Å². The molecule has 0 bridgehead atoms. The first kappa shape index (κ1) is 11.1. The van der Waals surface area contributed by atoms with Crippen molar-refractivity contribution in [2.45, 2.75) is 12.8 Å². The molecule has 0 unspecified atom stereocenters. The van der Waals surface area contributed by atoms with Gasteiger partial charge in [0.2, 0.25) is 0 Å². The van der Waals surface area contributed by atoms with E-state index >= 15 is 0 Å². The molecule has 1 aliphatic heterocycles. The summed E-state index contributed by atoms with van der Waals surface area (Å²) < 4.78 is 0. The molecule has 1 aliphatic rings. The van der Waals surface area contributed by atoms with Crippen molar-refractivity contribution >= 4 is 5.71 Å². The molecular weight excluding hydrogens is 200 g/mol. The third kappa shape index (κ3) is 2.42. The third-order valence-corrected chi connectivity index (χ3v) is 3.28. The number of nitrogens with zero attached hydrogens (tertiary/aromatic N) is 2. The van der Waals surface area contributed by atoms with Crippen LogP contribution in [-0.2, 0) is 0 Å². The standard InChI is InChI=1S/C13H18N2O/c1-15-9-7-12(8-10-15)13(14-16)11-5-3-2-4-6-11/h2-6,12,16H,7-10H2,1H3/b14-13-. The van der Waals surface area contributed by atoms with Crippen molar-refractivity contribution < 1.29 is 5.21 Å². The summed E-state index contributed by atoms with van der Waals surface area (Å²) in [7, 11) is 2.13. The van der Waals surface area contributed by atoms with E-state index in [2.05, 4.69) is 17.1 Å². The van der Waals surface area contributed by atoms with Crippen LogP contribution in [0.25, 0.3) is 0 Å². The second kappa shape index (κ2) is 5.12. The molecule has 0 saturated carbocycles. The molecular formula is C13H18N2O. The van der Waals surface area contributed by atoms with Gasteiger partial charge in [0.25, 0.3) is 0 Å². The number of hydrogen-bond donors (Lipinski definition) is 1. The summed E-state index contributed by atoms with van der Waals surface area (Å²) in [5.74, 6) is 0.392. The molecule has 0 radical (unpaired) electrons. The maximum Gasteiger partial charge on any atom is 0.0899 e. The highest BCUT2D eigenvalue weighted by molar-refractivity contribution is 6.01. The lowest BCUT2D eigenvalue weighted by Gasteiger charge is -2.29. The second-order valence-corrected chi connectivity index (χ2v) is 4.43. The summed E-state index contributed by atoms with van der Waals surface area (Å²) in [6, 6.07) is 9.96. The van der Waals surface area contributed by atoms with Gasteiger partial charge in [0, 0.05) is 5.92 Å². The van der Waals surface area contributed by atoms with Crippen LogP contribution in [0.5, 0.6) is 0 Å². The molecule has 0 atom stereocenters. The molecule has 86 valence electrons. The Hall–Kier alpha value is -1.35. The Labute approximate surface area is 96.4 Å². The number of likely N-dealkylation sites (tertiary alicyclic amines) is 1. The van der Waals surface area contributed by atoms with E-state index in [0.29, 0.717) is 5.92 Å². The summed E-state index contributed by atoms with van der Waals surface area (Å²) in [6.07, 6.45) is 2.15. The van der Waals surface area contributed by atoms with Crippen LogP contribution in [0.4, 0.5) is 0 Å². The number of piperidine rings is 1. The number of rotatable bonds is 2. The van der Waals surface area contributed by atoms with Crippen molar-refractivity contribution in [3.63, 3.8) is 0 Å². The van der Waals surface area contributed by atoms with Gasteiger partial charge in [-0.2, -0.15) is 0 Å². The fourth-order valence-electron chi connectivity index (χ4n) is 2.27. The van der Waals surface area contributed by atoms with E-state index in [-0.39, 0.29) is 0 Å². The van der Waals surface area contributed by atoms with E-state index in [1.807, 2.05) is 30.3 Å². The molecule has 0 aliphatic carbocycles. The topological polar surface area (TPSA) is 35.8 Å². The minimum absolute atomic E-state index is 0.392. The highest BCUT2D eigenvalue weighted by Crippen LogP contribution is 2.21. The van der Waals surface area contributed by atoms with Gasteiger partial charge in [-0.15, -0.1) is 0 Å². The van der Waals surface area contributed by atoms with E-state index in [9.17, 15) is 5.21 Å². The van der Waals surface area contributed by atoms with Crippen molar-refractivity contribution in [1.82, 2.24) is 4.90 Å². The molecule has 0 amide bonds. The predicted molar refractivity (Wildman–Crippen MR) is 65.0 cm³/mol. The van der Waals surface area contributed by atoms with Crippen molar-refractivity contribution in [3.05, 3.63) is 35.9 Å². The molecule has 16 heavy (non-hydrogen) atoms. The monoisotopic (exact) mass is 218 g/mol. The minimum Gasteiger partial charge on any atom is -0.411 e. The summed E-state index contributed by atoms with van der Waals surface area (Å²) in [4.78, 5) is 2.32. The van der Waals surface area contributed by atoms with Gasteiger partial charge >= 0.3 is 0 Å². The fourth-order valence-corrected chi connectivity index (χ4v) is 2.27. The van der Waals surface area contributed by atoms with Crippen molar-refractivity contribution in [1.29, 1.82) is 0 Å². The molecule has 1 saturated heterocycles. The zero-order chi connectivity index (χ0) is 11.4. The average Bonchev–Trinajstić information content (AvgIpc) is 2.34. The largest absolute Gasteiger partial charge is 0.411 e. The maximum atomic E-state index is 9.17. The van der Waals surface area contributed by atoms with Gasteiger partial charge in [0.15, 0.2) is 0 Å². The quantitative estimate of drug-likeness (QED) is 0.469. The SMILES string of the molecule is CN1CCC(/C(=N\O)c2ccccc2)CC1. The lowest BCUT2D eigenvalue weighted by molar-refractivity contribution is 0.246. The van der Waals surface area contributed by atoms with Crippen LogP contribution in [0.2, 0.25) is 0 Å². The Bertz CT molecular complexity index is 353. The molecule has 2 rings (SSSR count). The summed E-state index contributed by atoms with van der Waals surface area (Å²) in [5.41, 5.74) is 1.88. The number of hydrogen-bond acceptors (Lipinski definition) is 3. The van der Waals surface area contributed by atoms with Crippen LogP contribution >= 0.6 is 0 Å². The third-order valence-electron chi connectivity index (χ3n) is 3.28. The van der Waals surface area contributed by atoms with E-state index in [0.717, 1.165) is 37.2 Å². The van der Waals surface area contributed by atoms with Gasteiger partial charge in [0.05, 0.1) is 5.71 Å². The molecule has 1 fully saturated rings. The predicted octanol–water partition coefficient (Wildman–Crippen LogP) is 2.21. The van der Waals surface area contributed by atoms with Crippen LogP contribution in [0.3, 0.4) is 0 Å². The van der Waals surface area contributed by atoms with E-state index in [4.69, 9.17) is 0 Å². The number of benzene rings is 1. The van der Waals surface area contributed by atoms with Gasteiger partial charge in [0.1, 0.15) is 0 Å². The molecule has 3 nitrogen and oxygen atoms in total. The highest BCUT2D eigenvalue weighted by Gasteiger charge is 2.22. The summed E-state index contributed by atoms with van der Waals surface area (Å²) >= 11 is 0. The normalized spacial score (nSPS) is 19.9. The molecule has 1 heterocycles. The molecule has 0 spiro atoms. The van der Waals surface area contributed by atoms with Crippen LogP contribution in [0, 0.1) is 5.92 Å². The van der Waals surface area contributed by atoms with Gasteiger partial charge in [-0.25, -0.2) is 0 Å². The molecule has 0 aromatic heterocycles. The van der Waals surface area contributed by atoms with Crippen LogP contribution in [0.15, 0.2) is 35.5 Å². The fraction of sp³-hybridized carbons (Fsp3) is 0.462. The summed E-state index contributed by atoms with van der Waals surface area (Å²) in [6.45, 7) is 2.16. The Morgan fingerprint density at radius 3 is 2.44 bits per heavy atom. The van der Waals surface area contributed by atoms with Crippen LogP contribution < -0.4 is 0 Å². The smallest absolute Gasteiger partial charge is 0.0899 e. The minimum atomic E-state index is 0.392. The van der Waals surface area contributed by atoms with Crippen LogP contribution in [-0.4, -0.2) is 36.0 Å².